The Morgan fingerprint density at radius 2 is 2.13 bits per heavy atom. The number of hydrogen-bond donors (Lipinski definition) is 1. The first kappa shape index (κ1) is 12.0. The first-order chi connectivity index (χ1) is 7.22. The summed E-state index contributed by atoms with van der Waals surface area (Å²) >= 11 is 0. The van der Waals surface area contributed by atoms with Crippen molar-refractivity contribution in [3.05, 3.63) is 11.8 Å². The lowest BCUT2D eigenvalue weighted by Gasteiger charge is -1.98. The second-order valence-electron chi connectivity index (χ2n) is 3.99. The number of rotatable bonds is 6. The molecule has 1 heterocycles. The van der Waals surface area contributed by atoms with Gasteiger partial charge in [0.25, 0.3) is 0 Å². The molecule has 0 aliphatic carbocycles. The third kappa shape index (κ3) is 4.77. The van der Waals surface area contributed by atoms with E-state index in [-0.39, 0.29) is 11.7 Å². The monoisotopic (exact) mass is 209 g/mol. The molecular weight excluding hydrogens is 190 g/mol. The van der Waals surface area contributed by atoms with Crippen molar-refractivity contribution in [2.45, 2.75) is 51.9 Å². The molecule has 1 rings (SSSR count). The Morgan fingerprint density at radius 3 is 2.73 bits per heavy atom. The van der Waals surface area contributed by atoms with Crippen LogP contribution in [0, 0.1) is 0 Å². The summed E-state index contributed by atoms with van der Waals surface area (Å²) in [7, 11) is 0. The van der Waals surface area contributed by atoms with Gasteiger partial charge >= 0.3 is 0 Å². The molecule has 1 amide bonds. The predicted molar refractivity (Wildman–Crippen MR) is 59.2 cm³/mol. The van der Waals surface area contributed by atoms with Gasteiger partial charge in [0.15, 0.2) is 5.78 Å². The van der Waals surface area contributed by atoms with E-state index in [1.165, 1.54) is 12.8 Å². The topological polar surface area (TPSA) is 46.2 Å². The zero-order valence-electron chi connectivity index (χ0n) is 9.34. The maximum Gasteiger partial charge on any atom is 0.224 e. The molecule has 0 spiro atoms. The lowest BCUT2D eigenvalue weighted by molar-refractivity contribution is -0.118. The molecule has 1 aliphatic rings. The van der Waals surface area contributed by atoms with Crippen molar-refractivity contribution in [1.82, 2.24) is 5.32 Å². The average molecular weight is 209 g/mol. The molecule has 1 saturated heterocycles. The summed E-state index contributed by atoms with van der Waals surface area (Å²) in [6, 6.07) is 0. The first-order valence-electron chi connectivity index (χ1n) is 5.75. The summed E-state index contributed by atoms with van der Waals surface area (Å²) in [5.74, 6) is 0.170. The Morgan fingerprint density at radius 1 is 1.33 bits per heavy atom. The molecule has 0 aromatic carbocycles. The van der Waals surface area contributed by atoms with Crippen LogP contribution in [0.15, 0.2) is 11.8 Å². The van der Waals surface area contributed by atoms with Crippen molar-refractivity contribution >= 4 is 11.7 Å². The molecule has 3 heteroatoms. The van der Waals surface area contributed by atoms with E-state index in [1.807, 2.05) is 0 Å². The van der Waals surface area contributed by atoms with E-state index < -0.39 is 0 Å². The highest BCUT2D eigenvalue weighted by atomic mass is 16.2. The van der Waals surface area contributed by atoms with Crippen molar-refractivity contribution < 1.29 is 9.59 Å². The second kappa shape index (κ2) is 6.38. The fourth-order valence-corrected chi connectivity index (χ4v) is 1.65. The molecule has 84 valence electrons. The van der Waals surface area contributed by atoms with E-state index in [1.54, 1.807) is 6.08 Å². The van der Waals surface area contributed by atoms with Crippen molar-refractivity contribution in [3.8, 4) is 0 Å². The number of nitrogens with one attached hydrogen (secondary N) is 1. The summed E-state index contributed by atoms with van der Waals surface area (Å²) in [6.45, 7) is 2.15. The summed E-state index contributed by atoms with van der Waals surface area (Å²) in [5, 5.41) is 2.69. The summed E-state index contributed by atoms with van der Waals surface area (Å²) in [4.78, 5) is 22.3. The van der Waals surface area contributed by atoms with Gasteiger partial charge in [-0.25, -0.2) is 0 Å². The number of allylic oxidation sites excluding steroid dienone is 2. The lowest BCUT2D eigenvalue weighted by Crippen LogP contribution is -2.12. The highest BCUT2D eigenvalue weighted by Gasteiger charge is 2.14. The third-order valence-corrected chi connectivity index (χ3v) is 2.53. The molecule has 0 unspecified atom stereocenters. The Kier molecular flexibility index (Phi) is 5.08. The van der Waals surface area contributed by atoms with Gasteiger partial charge in [-0.1, -0.05) is 26.2 Å². The van der Waals surface area contributed by atoms with E-state index in [0.717, 1.165) is 18.5 Å². The van der Waals surface area contributed by atoms with E-state index in [4.69, 9.17) is 0 Å². The molecular formula is C12H19NO2. The van der Waals surface area contributed by atoms with E-state index in [9.17, 15) is 9.59 Å². The largest absolute Gasteiger partial charge is 0.330 e. The van der Waals surface area contributed by atoms with Crippen molar-refractivity contribution in [3.63, 3.8) is 0 Å². The highest BCUT2D eigenvalue weighted by Crippen LogP contribution is 2.11. The molecule has 0 aromatic rings. The second-order valence-corrected chi connectivity index (χ2v) is 3.99. The van der Waals surface area contributed by atoms with Crippen LogP contribution < -0.4 is 5.32 Å². The van der Waals surface area contributed by atoms with Crippen molar-refractivity contribution in [1.29, 1.82) is 0 Å². The van der Waals surface area contributed by atoms with Crippen molar-refractivity contribution in [2.24, 2.45) is 0 Å². The summed E-state index contributed by atoms with van der Waals surface area (Å²) in [6.07, 6.45) is 7.89. The predicted octanol–water partition coefficient (Wildman–Crippen LogP) is 2.32. The highest BCUT2D eigenvalue weighted by molar-refractivity contribution is 5.92. The fourth-order valence-electron chi connectivity index (χ4n) is 1.65. The molecule has 3 nitrogen and oxygen atoms in total. The standard InChI is InChI=1S/C12H19NO2/c1-2-3-4-5-6-11(14)9-10-7-8-12(15)13-10/h9H,2-8H2,1H3,(H,13,15)/b10-9+. The molecule has 0 atom stereocenters. The fraction of sp³-hybridized carbons (Fsp3) is 0.667. The van der Waals surface area contributed by atoms with Crippen LogP contribution in [-0.4, -0.2) is 11.7 Å². The number of ketones is 1. The first-order valence-corrected chi connectivity index (χ1v) is 5.75. The maximum atomic E-state index is 11.4. The number of amides is 1. The molecule has 0 radical (unpaired) electrons. The Hall–Kier alpha value is -1.12. The van der Waals surface area contributed by atoms with Crippen LogP contribution >= 0.6 is 0 Å². The Bertz CT molecular complexity index is 269. The summed E-state index contributed by atoms with van der Waals surface area (Å²) in [5.41, 5.74) is 0.792. The minimum absolute atomic E-state index is 0.0278. The number of hydrogen-bond acceptors (Lipinski definition) is 2. The van der Waals surface area contributed by atoms with Crippen LogP contribution in [-0.2, 0) is 9.59 Å². The number of carbonyl (C=O) groups excluding carboxylic acids is 2. The zero-order valence-corrected chi connectivity index (χ0v) is 9.34. The molecule has 0 bridgehead atoms. The normalized spacial score (nSPS) is 18.2. The molecule has 15 heavy (non-hydrogen) atoms. The van der Waals surface area contributed by atoms with Gasteiger partial charge in [0.05, 0.1) is 0 Å². The van der Waals surface area contributed by atoms with E-state index in [0.29, 0.717) is 19.3 Å². The van der Waals surface area contributed by atoms with Crippen LogP contribution in [0.5, 0.6) is 0 Å². The van der Waals surface area contributed by atoms with Gasteiger partial charge in [0.2, 0.25) is 5.91 Å². The van der Waals surface area contributed by atoms with Gasteiger partial charge in [0.1, 0.15) is 0 Å². The summed E-state index contributed by atoms with van der Waals surface area (Å²) < 4.78 is 0. The van der Waals surface area contributed by atoms with Crippen molar-refractivity contribution in [2.75, 3.05) is 0 Å². The average Bonchev–Trinajstić information content (AvgIpc) is 2.59. The van der Waals surface area contributed by atoms with Gasteiger partial charge in [-0.2, -0.15) is 0 Å². The maximum absolute atomic E-state index is 11.4. The third-order valence-electron chi connectivity index (χ3n) is 2.53. The van der Waals surface area contributed by atoms with Crippen LogP contribution in [0.4, 0.5) is 0 Å². The molecule has 1 fully saturated rings. The van der Waals surface area contributed by atoms with Crippen LogP contribution in [0.2, 0.25) is 0 Å². The minimum atomic E-state index is 0.0278. The van der Waals surface area contributed by atoms with Crippen LogP contribution in [0.3, 0.4) is 0 Å². The smallest absolute Gasteiger partial charge is 0.224 e. The quantitative estimate of drug-likeness (QED) is 0.539. The molecule has 0 saturated carbocycles. The van der Waals surface area contributed by atoms with Gasteiger partial charge in [0, 0.05) is 24.6 Å². The van der Waals surface area contributed by atoms with Gasteiger partial charge in [-0.05, 0) is 12.8 Å². The van der Waals surface area contributed by atoms with Gasteiger partial charge in [-0.3, -0.25) is 9.59 Å². The van der Waals surface area contributed by atoms with Crippen LogP contribution in [0.25, 0.3) is 0 Å². The lowest BCUT2D eigenvalue weighted by atomic mass is 10.1. The zero-order chi connectivity index (χ0) is 11.1. The van der Waals surface area contributed by atoms with Gasteiger partial charge < -0.3 is 5.32 Å². The van der Waals surface area contributed by atoms with E-state index >= 15 is 0 Å². The van der Waals surface area contributed by atoms with Gasteiger partial charge in [-0.15, -0.1) is 0 Å². The Labute approximate surface area is 90.9 Å². The van der Waals surface area contributed by atoms with Crippen LogP contribution in [0.1, 0.15) is 51.9 Å². The molecule has 0 aromatic heterocycles. The molecule has 1 aliphatic heterocycles. The Balaban J connectivity index is 2.20. The number of unbranched alkanes of at least 4 members (excludes halogenated alkanes) is 3. The molecule has 1 N–H and O–H groups in total. The SMILES string of the molecule is CCCCCCC(=O)/C=C1\CCC(=O)N1. The minimum Gasteiger partial charge on any atom is -0.330 e. The number of carbonyl (C=O) groups is 2. The van der Waals surface area contributed by atoms with E-state index in [2.05, 4.69) is 12.2 Å².